The second-order valence-electron chi connectivity index (χ2n) is 5.74. The van der Waals surface area contributed by atoms with Gasteiger partial charge >= 0.3 is 6.09 Å². The maximum atomic E-state index is 11.7. The Labute approximate surface area is 104 Å². The summed E-state index contributed by atoms with van der Waals surface area (Å²) < 4.78 is 5.23. The van der Waals surface area contributed by atoms with Crippen LogP contribution in [-0.4, -0.2) is 47.3 Å². The summed E-state index contributed by atoms with van der Waals surface area (Å²) in [6, 6.07) is -0.0250. The molecule has 1 aliphatic rings. The van der Waals surface area contributed by atoms with Gasteiger partial charge < -0.3 is 9.64 Å². The van der Waals surface area contributed by atoms with Gasteiger partial charge in [0.05, 0.1) is 6.04 Å². The first-order valence-corrected chi connectivity index (χ1v) is 6.29. The molecule has 5 heteroatoms. The van der Waals surface area contributed by atoms with Gasteiger partial charge in [0.1, 0.15) is 5.60 Å². The van der Waals surface area contributed by atoms with E-state index in [2.05, 4.69) is 4.90 Å². The van der Waals surface area contributed by atoms with Gasteiger partial charge in [-0.3, -0.25) is 0 Å². The highest BCUT2D eigenvalue weighted by Crippen LogP contribution is 2.12. The topological polar surface area (TPSA) is 58.8 Å². The molecule has 0 aromatic rings. The summed E-state index contributed by atoms with van der Waals surface area (Å²) >= 11 is 0. The number of ether oxygens (including phenoxy) is 1. The van der Waals surface area contributed by atoms with Crippen molar-refractivity contribution in [1.82, 2.24) is 9.91 Å². The minimum absolute atomic E-state index is 0.0250. The zero-order chi connectivity index (χ0) is 13.1. The Hall–Kier alpha value is -0.810. The van der Waals surface area contributed by atoms with Crippen molar-refractivity contribution in [3.8, 4) is 0 Å². The minimum Gasteiger partial charge on any atom is -0.443 e. The first kappa shape index (κ1) is 14.3. The van der Waals surface area contributed by atoms with Crippen LogP contribution < -0.4 is 5.84 Å². The fraction of sp³-hybridized carbons (Fsp3) is 0.917. The van der Waals surface area contributed by atoms with Crippen LogP contribution in [0.4, 0.5) is 4.79 Å². The molecule has 0 aromatic carbocycles. The molecule has 1 rings (SSSR count). The molecular formula is C12H25N3O2. The molecule has 0 saturated carbocycles. The number of nitrogens with zero attached hydrogens (tertiary/aromatic N) is 2. The number of nitrogens with two attached hydrogens (primary N) is 1. The van der Waals surface area contributed by atoms with E-state index < -0.39 is 11.7 Å². The maximum absolute atomic E-state index is 11.7. The smallest absolute Gasteiger partial charge is 0.424 e. The monoisotopic (exact) mass is 243 g/mol. The fourth-order valence-electron chi connectivity index (χ4n) is 1.92. The summed E-state index contributed by atoms with van der Waals surface area (Å²) in [4.78, 5) is 14.1. The predicted molar refractivity (Wildman–Crippen MR) is 67.4 cm³/mol. The van der Waals surface area contributed by atoms with Crippen LogP contribution in [0, 0.1) is 0 Å². The number of amides is 1. The van der Waals surface area contributed by atoms with Crippen molar-refractivity contribution >= 4 is 6.09 Å². The average molecular weight is 243 g/mol. The Morgan fingerprint density at radius 1 is 1.41 bits per heavy atom. The van der Waals surface area contributed by atoms with Crippen LogP contribution in [0.15, 0.2) is 0 Å². The van der Waals surface area contributed by atoms with E-state index in [0.29, 0.717) is 0 Å². The second kappa shape index (κ2) is 5.69. The Morgan fingerprint density at radius 3 is 2.41 bits per heavy atom. The summed E-state index contributed by atoms with van der Waals surface area (Å²) in [5.41, 5.74) is -0.498. The lowest BCUT2D eigenvalue weighted by molar-refractivity contribution is 0.0144. The van der Waals surface area contributed by atoms with Gasteiger partial charge in [-0.05, 0) is 53.6 Å². The summed E-state index contributed by atoms with van der Waals surface area (Å²) in [5, 5.41) is 1.20. The standard InChI is InChI=1S/C12H25N3O2/c1-10(9-14-7-5-6-8-14)15(13)11(16)17-12(2,3)4/h10H,5-9,13H2,1-4H3. The number of hydrogen-bond donors (Lipinski definition) is 1. The van der Waals surface area contributed by atoms with Crippen molar-refractivity contribution in [2.24, 2.45) is 5.84 Å². The largest absolute Gasteiger partial charge is 0.443 e. The molecule has 1 unspecified atom stereocenters. The van der Waals surface area contributed by atoms with E-state index in [1.54, 1.807) is 0 Å². The third kappa shape index (κ3) is 4.91. The quantitative estimate of drug-likeness (QED) is 0.464. The second-order valence-corrected chi connectivity index (χ2v) is 5.74. The van der Waals surface area contributed by atoms with Gasteiger partial charge in [-0.1, -0.05) is 0 Å². The number of hydrazine groups is 1. The molecule has 1 atom stereocenters. The van der Waals surface area contributed by atoms with Crippen LogP contribution in [0.5, 0.6) is 0 Å². The van der Waals surface area contributed by atoms with E-state index in [1.165, 1.54) is 17.9 Å². The van der Waals surface area contributed by atoms with Crippen molar-refractivity contribution in [2.75, 3.05) is 19.6 Å². The molecule has 5 nitrogen and oxygen atoms in total. The summed E-state index contributed by atoms with van der Waals surface area (Å²) in [5.74, 6) is 5.78. The van der Waals surface area contributed by atoms with Crippen molar-refractivity contribution in [3.05, 3.63) is 0 Å². The van der Waals surface area contributed by atoms with Gasteiger partial charge in [0.2, 0.25) is 0 Å². The minimum atomic E-state index is -0.498. The molecule has 17 heavy (non-hydrogen) atoms. The van der Waals surface area contributed by atoms with Gasteiger partial charge in [0.15, 0.2) is 0 Å². The molecule has 1 fully saturated rings. The van der Waals surface area contributed by atoms with Crippen LogP contribution in [0.25, 0.3) is 0 Å². The van der Waals surface area contributed by atoms with Crippen molar-refractivity contribution in [1.29, 1.82) is 0 Å². The summed E-state index contributed by atoms with van der Waals surface area (Å²) in [7, 11) is 0. The normalized spacial score (nSPS) is 19.1. The molecule has 1 saturated heterocycles. The number of likely N-dealkylation sites (tertiary alicyclic amines) is 1. The molecule has 1 amide bonds. The average Bonchev–Trinajstić information content (AvgIpc) is 2.66. The molecule has 100 valence electrons. The molecule has 1 heterocycles. The van der Waals surface area contributed by atoms with Crippen LogP contribution >= 0.6 is 0 Å². The lowest BCUT2D eigenvalue weighted by atomic mass is 10.2. The number of hydrogen-bond acceptors (Lipinski definition) is 4. The molecule has 0 aromatic heterocycles. The zero-order valence-corrected chi connectivity index (χ0v) is 11.4. The van der Waals surface area contributed by atoms with E-state index in [1.807, 2.05) is 27.7 Å². The van der Waals surface area contributed by atoms with E-state index in [0.717, 1.165) is 19.6 Å². The number of carbonyl (C=O) groups excluding carboxylic acids is 1. The predicted octanol–water partition coefficient (Wildman–Crippen LogP) is 1.58. The lowest BCUT2D eigenvalue weighted by Gasteiger charge is -2.30. The fourth-order valence-corrected chi connectivity index (χ4v) is 1.92. The number of carbonyl (C=O) groups is 1. The van der Waals surface area contributed by atoms with E-state index in [4.69, 9.17) is 10.6 Å². The third-order valence-electron chi connectivity index (χ3n) is 2.80. The molecule has 2 N–H and O–H groups in total. The van der Waals surface area contributed by atoms with E-state index in [9.17, 15) is 4.79 Å². The molecule has 1 aliphatic heterocycles. The van der Waals surface area contributed by atoms with E-state index >= 15 is 0 Å². The van der Waals surface area contributed by atoms with Crippen LogP contribution in [0.1, 0.15) is 40.5 Å². The van der Waals surface area contributed by atoms with E-state index in [-0.39, 0.29) is 6.04 Å². The molecular weight excluding hydrogens is 218 g/mol. The van der Waals surface area contributed by atoms with Crippen molar-refractivity contribution in [2.45, 2.75) is 52.2 Å². The molecule has 0 radical (unpaired) electrons. The van der Waals surface area contributed by atoms with Gasteiger partial charge in [-0.2, -0.15) is 0 Å². The van der Waals surface area contributed by atoms with Crippen LogP contribution in [0.3, 0.4) is 0 Å². The summed E-state index contributed by atoms with van der Waals surface area (Å²) in [6.45, 7) is 10.5. The Balaban J connectivity index is 2.39. The molecule has 0 aliphatic carbocycles. The Bertz CT molecular complexity index is 257. The highest BCUT2D eigenvalue weighted by molar-refractivity contribution is 5.67. The SMILES string of the molecule is CC(CN1CCCC1)N(N)C(=O)OC(C)(C)C. The van der Waals surface area contributed by atoms with Gasteiger partial charge in [-0.25, -0.2) is 15.6 Å². The first-order valence-electron chi connectivity index (χ1n) is 6.29. The summed E-state index contributed by atoms with van der Waals surface area (Å²) in [6.07, 6.45) is 2.03. The molecule has 0 bridgehead atoms. The molecule has 0 spiro atoms. The van der Waals surface area contributed by atoms with Crippen molar-refractivity contribution in [3.63, 3.8) is 0 Å². The lowest BCUT2D eigenvalue weighted by Crippen LogP contribution is -2.50. The van der Waals surface area contributed by atoms with Crippen LogP contribution in [-0.2, 0) is 4.74 Å². The first-order chi connectivity index (χ1) is 7.79. The van der Waals surface area contributed by atoms with Crippen LogP contribution in [0.2, 0.25) is 0 Å². The highest BCUT2D eigenvalue weighted by Gasteiger charge is 2.25. The highest BCUT2D eigenvalue weighted by atomic mass is 16.6. The Kier molecular flexibility index (Phi) is 4.77. The van der Waals surface area contributed by atoms with Gasteiger partial charge in [0, 0.05) is 6.54 Å². The zero-order valence-electron chi connectivity index (χ0n) is 11.4. The van der Waals surface area contributed by atoms with Gasteiger partial charge in [0.25, 0.3) is 0 Å². The number of rotatable bonds is 3. The maximum Gasteiger partial charge on any atom is 0.424 e. The Morgan fingerprint density at radius 2 is 1.94 bits per heavy atom. The van der Waals surface area contributed by atoms with Gasteiger partial charge in [-0.15, -0.1) is 0 Å². The van der Waals surface area contributed by atoms with Crippen molar-refractivity contribution < 1.29 is 9.53 Å². The third-order valence-corrected chi connectivity index (χ3v) is 2.80.